The molecule has 0 fully saturated rings. The zero-order valence-corrected chi connectivity index (χ0v) is 14.0. The molecule has 1 heterocycles. The molecule has 116 valence electrons. The van der Waals surface area contributed by atoms with E-state index in [1.807, 2.05) is 42.6 Å². The van der Waals surface area contributed by atoms with Crippen LogP contribution in [0, 0.1) is 6.92 Å². The molecule has 0 atom stereocenters. The molecular weight excluding hydrogens is 294 g/mol. The lowest BCUT2D eigenvalue weighted by atomic mass is 10.2. The zero-order valence-electron chi connectivity index (χ0n) is 13.2. The molecule has 0 bridgehead atoms. The summed E-state index contributed by atoms with van der Waals surface area (Å²) >= 11 is 1.60. The molecule has 0 unspecified atom stereocenters. The van der Waals surface area contributed by atoms with Crippen molar-refractivity contribution in [2.24, 2.45) is 5.10 Å². The summed E-state index contributed by atoms with van der Waals surface area (Å²) in [5.41, 5.74) is 5.46. The summed E-state index contributed by atoms with van der Waals surface area (Å²) in [6.07, 6.45) is 1.68. The molecule has 0 saturated heterocycles. The monoisotopic (exact) mass is 315 g/mol. The van der Waals surface area contributed by atoms with Gasteiger partial charge in [0, 0.05) is 29.2 Å². The predicted octanol–water partition coefficient (Wildman–Crippen LogP) is 3.67. The van der Waals surface area contributed by atoms with Gasteiger partial charge in [0.1, 0.15) is 0 Å². The maximum Gasteiger partial charge on any atom is 0.271 e. The smallest absolute Gasteiger partial charge is 0.271 e. The molecule has 0 spiro atoms. The predicted molar refractivity (Wildman–Crippen MR) is 94.1 cm³/mol. The third-order valence-electron chi connectivity index (χ3n) is 3.51. The minimum atomic E-state index is -0.198. The van der Waals surface area contributed by atoms with Crippen LogP contribution in [0.15, 0.2) is 40.8 Å². The number of amides is 1. The van der Waals surface area contributed by atoms with Crippen molar-refractivity contribution in [3.8, 4) is 0 Å². The first-order valence-electron chi connectivity index (χ1n) is 7.38. The molecule has 0 aliphatic heterocycles. The maximum absolute atomic E-state index is 12.0. The Kier molecular flexibility index (Phi) is 5.72. The average molecular weight is 315 g/mol. The quantitative estimate of drug-likeness (QED) is 0.653. The van der Waals surface area contributed by atoms with Crippen molar-refractivity contribution in [3.05, 3.63) is 51.7 Å². The van der Waals surface area contributed by atoms with Gasteiger partial charge in [-0.15, -0.1) is 11.3 Å². The second-order valence-electron chi connectivity index (χ2n) is 4.89. The van der Waals surface area contributed by atoms with Crippen molar-refractivity contribution < 1.29 is 4.79 Å². The van der Waals surface area contributed by atoms with Gasteiger partial charge < -0.3 is 4.90 Å². The van der Waals surface area contributed by atoms with Gasteiger partial charge in [-0.2, -0.15) is 5.10 Å². The molecule has 1 aromatic heterocycles. The Morgan fingerprint density at radius 2 is 1.91 bits per heavy atom. The highest BCUT2D eigenvalue weighted by atomic mass is 32.1. The maximum atomic E-state index is 12.0. The molecule has 22 heavy (non-hydrogen) atoms. The van der Waals surface area contributed by atoms with Crippen LogP contribution in [0.5, 0.6) is 0 Å². The molecule has 5 heteroatoms. The number of hydrogen-bond donors (Lipinski definition) is 1. The van der Waals surface area contributed by atoms with Crippen molar-refractivity contribution in [3.63, 3.8) is 0 Å². The van der Waals surface area contributed by atoms with Gasteiger partial charge in [0.25, 0.3) is 5.91 Å². The molecule has 0 saturated carbocycles. The Bertz CT molecular complexity index is 642. The third kappa shape index (κ3) is 3.95. The first-order chi connectivity index (χ1) is 10.7. The van der Waals surface area contributed by atoms with Crippen LogP contribution in [0.1, 0.15) is 34.6 Å². The fourth-order valence-corrected chi connectivity index (χ4v) is 2.93. The fourth-order valence-electron chi connectivity index (χ4n) is 2.14. The Labute approximate surface area is 135 Å². The number of hydrogen-bond acceptors (Lipinski definition) is 4. The molecule has 1 aromatic carbocycles. The van der Waals surface area contributed by atoms with Gasteiger partial charge in [-0.05, 0) is 62.0 Å². The number of benzene rings is 1. The van der Waals surface area contributed by atoms with Crippen LogP contribution in [0.3, 0.4) is 0 Å². The van der Waals surface area contributed by atoms with E-state index in [2.05, 4.69) is 29.3 Å². The number of rotatable bonds is 6. The number of nitrogens with zero attached hydrogens (tertiary/aromatic N) is 2. The summed E-state index contributed by atoms with van der Waals surface area (Å²) in [5.74, 6) is -0.198. The molecule has 2 rings (SSSR count). The Morgan fingerprint density at radius 1 is 1.23 bits per heavy atom. The average Bonchev–Trinajstić information content (AvgIpc) is 2.94. The van der Waals surface area contributed by atoms with Crippen LogP contribution >= 0.6 is 11.3 Å². The highest BCUT2D eigenvalue weighted by Crippen LogP contribution is 2.15. The largest absolute Gasteiger partial charge is 0.372 e. The molecule has 0 aliphatic carbocycles. The van der Waals surface area contributed by atoms with E-state index in [9.17, 15) is 4.79 Å². The van der Waals surface area contributed by atoms with E-state index in [1.165, 1.54) is 0 Å². The van der Waals surface area contributed by atoms with Gasteiger partial charge in [-0.25, -0.2) is 5.43 Å². The van der Waals surface area contributed by atoms with Crippen molar-refractivity contribution in [1.82, 2.24) is 5.43 Å². The number of thiophene rings is 1. The van der Waals surface area contributed by atoms with E-state index in [-0.39, 0.29) is 5.91 Å². The van der Waals surface area contributed by atoms with Gasteiger partial charge in [0.2, 0.25) is 0 Å². The third-order valence-corrected chi connectivity index (χ3v) is 4.46. The van der Waals surface area contributed by atoms with Crippen LogP contribution in [0.25, 0.3) is 0 Å². The molecule has 0 radical (unpaired) electrons. The van der Waals surface area contributed by atoms with Gasteiger partial charge in [0.05, 0.1) is 6.21 Å². The van der Waals surface area contributed by atoms with Crippen LogP contribution in [-0.2, 0) is 0 Å². The number of nitrogens with one attached hydrogen (secondary N) is 1. The van der Waals surface area contributed by atoms with Crippen LogP contribution < -0.4 is 10.3 Å². The summed E-state index contributed by atoms with van der Waals surface area (Å²) in [6, 6.07) is 9.62. The van der Waals surface area contributed by atoms with Crippen molar-refractivity contribution in [2.75, 3.05) is 18.0 Å². The first-order valence-corrected chi connectivity index (χ1v) is 8.26. The molecule has 2 aromatic rings. The number of carbonyl (C=O) groups is 1. The number of anilines is 1. The second-order valence-corrected chi connectivity index (χ2v) is 5.83. The second kappa shape index (κ2) is 7.75. The summed E-state index contributed by atoms with van der Waals surface area (Å²) in [7, 11) is 0. The SMILES string of the molecule is CCN(CC)c1ccc(C(=O)N/N=C\c2sccc2C)cc1. The number of hydrazone groups is 1. The van der Waals surface area contributed by atoms with Crippen LogP contribution in [0.4, 0.5) is 5.69 Å². The van der Waals surface area contributed by atoms with E-state index in [1.54, 1.807) is 17.6 Å². The van der Waals surface area contributed by atoms with E-state index in [0.29, 0.717) is 5.56 Å². The van der Waals surface area contributed by atoms with E-state index in [4.69, 9.17) is 0 Å². The fraction of sp³-hybridized carbons (Fsp3) is 0.294. The van der Waals surface area contributed by atoms with Gasteiger partial charge in [-0.3, -0.25) is 4.79 Å². The molecule has 0 aliphatic rings. The number of carbonyl (C=O) groups excluding carboxylic acids is 1. The first kappa shape index (κ1) is 16.2. The lowest BCUT2D eigenvalue weighted by molar-refractivity contribution is 0.0955. The lowest BCUT2D eigenvalue weighted by Crippen LogP contribution is -2.22. The number of aryl methyl sites for hydroxylation is 1. The summed E-state index contributed by atoms with van der Waals surface area (Å²) in [6.45, 7) is 8.15. The molecule has 4 nitrogen and oxygen atoms in total. The van der Waals surface area contributed by atoms with E-state index < -0.39 is 0 Å². The molecule has 1 N–H and O–H groups in total. The minimum Gasteiger partial charge on any atom is -0.372 e. The minimum absolute atomic E-state index is 0.198. The van der Waals surface area contributed by atoms with E-state index >= 15 is 0 Å². The topological polar surface area (TPSA) is 44.7 Å². The standard InChI is InChI=1S/C17H21N3OS/c1-4-20(5-2)15-8-6-14(7-9-15)17(21)19-18-12-16-13(3)10-11-22-16/h6-12H,4-5H2,1-3H3,(H,19,21)/b18-12-. The van der Waals surface area contributed by atoms with E-state index in [0.717, 1.165) is 29.2 Å². The molecular formula is C17H21N3OS. The van der Waals surface area contributed by atoms with Crippen molar-refractivity contribution in [1.29, 1.82) is 0 Å². The van der Waals surface area contributed by atoms with Gasteiger partial charge >= 0.3 is 0 Å². The Morgan fingerprint density at radius 3 is 2.45 bits per heavy atom. The molecule has 1 amide bonds. The Hall–Kier alpha value is -2.14. The van der Waals surface area contributed by atoms with Crippen molar-refractivity contribution in [2.45, 2.75) is 20.8 Å². The zero-order chi connectivity index (χ0) is 15.9. The van der Waals surface area contributed by atoms with Crippen LogP contribution in [-0.4, -0.2) is 25.2 Å². The van der Waals surface area contributed by atoms with Crippen molar-refractivity contribution >= 4 is 29.1 Å². The van der Waals surface area contributed by atoms with Crippen LogP contribution in [0.2, 0.25) is 0 Å². The summed E-state index contributed by atoms with van der Waals surface area (Å²) in [5, 5.41) is 6.02. The lowest BCUT2D eigenvalue weighted by Gasteiger charge is -2.20. The Balaban J connectivity index is 1.98. The highest BCUT2D eigenvalue weighted by molar-refractivity contribution is 7.11. The summed E-state index contributed by atoms with van der Waals surface area (Å²) < 4.78 is 0. The van der Waals surface area contributed by atoms with Gasteiger partial charge in [0.15, 0.2) is 0 Å². The summed E-state index contributed by atoms with van der Waals surface area (Å²) in [4.78, 5) is 15.3. The van der Waals surface area contributed by atoms with Gasteiger partial charge in [-0.1, -0.05) is 0 Å². The normalized spacial score (nSPS) is 10.9. The highest BCUT2D eigenvalue weighted by Gasteiger charge is 2.06.